The first-order chi connectivity index (χ1) is 12.6. The summed E-state index contributed by atoms with van der Waals surface area (Å²) in [6.07, 6.45) is 8.68. The number of rotatable bonds is 5. The molecule has 0 saturated heterocycles. The van der Waals surface area contributed by atoms with E-state index in [0.717, 1.165) is 25.5 Å². The molecule has 1 aromatic heterocycles. The van der Waals surface area contributed by atoms with Crippen molar-refractivity contribution >= 4 is 24.1 Å². The monoisotopic (exact) mass is 373 g/mol. The number of nitrogens with one attached hydrogen (secondary N) is 1. The van der Waals surface area contributed by atoms with E-state index in [2.05, 4.69) is 16.1 Å². The highest BCUT2D eigenvalue weighted by Crippen LogP contribution is 2.22. The molecule has 0 bridgehead atoms. The molecule has 0 amide bonds. The Morgan fingerprint density at radius 1 is 1.35 bits per heavy atom. The SMILES string of the molecule is O=c1[nH]c(=S)n(CCC2=CCCCC2)c(O)c1C=Nc1ccccc1F. The van der Waals surface area contributed by atoms with Crippen LogP contribution in [-0.4, -0.2) is 20.9 Å². The lowest BCUT2D eigenvalue weighted by atomic mass is 9.97. The number of halogens is 1. The zero-order valence-electron chi connectivity index (χ0n) is 14.2. The van der Waals surface area contributed by atoms with Gasteiger partial charge in [-0.15, -0.1) is 0 Å². The summed E-state index contributed by atoms with van der Waals surface area (Å²) in [6, 6.07) is 5.96. The molecule has 0 saturated carbocycles. The number of nitrogens with zero attached hydrogens (tertiary/aromatic N) is 2. The van der Waals surface area contributed by atoms with Gasteiger partial charge in [-0.2, -0.15) is 0 Å². The molecule has 0 atom stereocenters. The molecule has 0 unspecified atom stereocenters. The van der Waals surface area contributed by atoms with Crippen molar-refractivity contribution in [1.29, 1.82) is 0 Å². The average Bonchev–Trinajstić information content (AvgIpc) is 2.63. The van der Waals surface area contributed by atoms with Gasteiger partial charge >= 0.3 is 0 Å². The average molecular weight is 373 g/mol. The van der Waals surface area contributed by atoms with Crippen LogP contribution in [0.5, 0.6) is 5.88 Å². The van der Waals surface area contributed by atoms with E-state index in [0.29, 0.717) is 6.54 Å². The van der Waals surface area contributed by atoms with Crippen LogP contribution in [0.4, 0.5) is 10.1 Å². The van der Waals surface area contributed by atoms with E-state index in [1.165, 1.54) is 35.1 Å². The van der Waals surface area contributed by atoms with Crippen molar-refractivity contribution in [3.05, 3.63) is 62.4 Å². The van der Waals surface area contributed by atoms with E-state index >= 15 is 0 Å². The normalized spacial score (nSPS) is 14.6. The molecule has 2 N–H and O–H groups in total. The molecule has 3 rings (SSSR count). The Bertz CT molecular complexity index is 975. The minimum absolute atomic E-state index is 0.0422. The van der Waals surface area contributed by atoms with Gasteiger partial charge in [0.25, 0.3) is 5.56 Å². The number of aromatic amines is 1. The molecule has 0 fully saturated rings. The first-order valence-corrected chi connectivity index (χ1v) is 8.99. The number of hydrogen-bond donors (Lipinski definition) is 2. The van der Waals surface area contributed by atoms with Crippen molar-refractivity contribution in [2.45, 2.75) is 38.6 Å². The van der Waals surface area contributed by atoms with E-state index in [4.69, 9.17) is 12.2 Å². The highest BCUT2D eigenvalue weighted by atomic mass is 32.1. The zero-order valence-corrected chi connectivity index (χ0v) is 15.1. The Balaban J connectivity index is 1.89. The summed E-state index contributed by atoms with van der Waals surface area (Å²) in [4.78, 5) is 18.7. The van der Waals surface area contributed by atoms with Crippen LogP contribution in [0, 0.1) is 10.6 Å². The van der Waals surface area contributed by atoms with Gasteiger partial charge in [0.05, 0.1) is 5.69 Å². The number of H-pyrrole nitrogens is 1. The zero-order chi connectivity index (χ0) is 18.5. The van der Waals surface area contributed by atoms with Gasteiger partial charge in [-0.3, -0.25) is 19.3 Å². The molecular formula is C19H20FN3O2S. The predicted molar refractivity (Wildman–Crippen MR) is 102 cm³/mol. The Labute approximate surface area is 155 Å². The Morgan fingerprint density at radius 3 is 2.88 bits per heavy atom. The van der Waals surface area contributed by atoms with Crippen molar-refractivity contribution in [1.82, 2.24) is 9.55 Å². The number of aromatic hydroxyl groups is 1. The number of aromatic nitrogens is 2. The van der Waals surface area contributed by atoms with Crippen molar-refractivity contribution in [3.63, 3.8) is 0 Å². The van der Waals surface area contributed by atoms with E-state index < -0.39 is 11.4 Å². The fourth-order valence-corrected chi connectivity index (χ4v) is 3.25. The van der Waals surface area contributed by atoms with Crippen molar-refractivity contribution in [3.8, 4) is 5.88 Å². The second-order valence-electron chi connectivity index (χ2n) is 6.22. The molecule has 26 heavy (non-hydrogen) atoms. The van der Waals surface area contributed by atoms with Gasteiger partial charge in [0.1, 0.15) is 11.4 Å². The summed E-state index contributed by atoms with van der Waals surface area (Å²) < 4.78 is 15.3. The van der Waals surface area contributed by atoms with Crippen LogP contribution >= 0.6 is 12.2 Å². The van der Waals surface area contributed by atoms with Gasteiger partial charge in [0.15, 0.2) is 4.77 Å². The third-order valence-electron chi connectivity index (χ3n) is 4.43. The molecular weight excluding hydrogens is 353 g/mol. The van der Waals surface area contributed by atoms with Crippen molar-refractivity contribution in [2.24, 2.45) is 4.99 Å². The molecule has 1 aliphatic carbocycles. The summed E-state index contributed by atoms with van der Waals surface area (Å²) in [7, 11) is 0. The smallest absolute Gasteiger partial charge is 0.264 e. The maximum absolute atomic E-state index is 13.7. The van der Waals surface area contributed by atoms with Gasteiger partial charge in [0.2, 0.25) is 5.88 Å². The van der Waals surface area contributed by atoms with E-state index in [-0.39, 0.29) is 21.9 Å². The van der Waals surface area contributed by atoms with Gasteiger partial charge < -0.3 is 5.11 Å². The minimum Gasteiger partial charge on any atom is -0.494 e. The number of para-hydroxylation sites is 1. The molecule has 1 aromatic carbocycles. The number of aliphatic imine (C=N–C) groups is 1. The molecule has 0 aliphatic heterocycles. The Morgan fingerprint density at radius 2 is 2.15 bits per heavy atom. The van der Waals surface area contributed by atoms with Crippen LogP contribution in [0.2, 0.25) is 0 Å². The fraction of sp³-hybridized carbons (Fsp3) is 0.316. The molecule has 2 aromatic rings. The lowest BCUT2D eigenvalue weighted by Gasteiger charge is -2.15. The summed E-state index contributed by atoms with van der Waals surface area (Å²) >= 11 is 5.18. The van der Waals surface area contributed by atoms with Crippen LogP contribution < -0.4 is 5.56 Å². The number of allylic oxidation sites excluding steroid dienone is 2. The minimum atomic E-state index is -0.555. The fourth-order valence-electron chi connectivity index (χ4n) is 2.98. The van der Waals surface area contributed by atoms with Crippen molar-refractivity contribution < 1.29 is 9.50 Å². The maximum Gasteiger partial charge on any atom is 0.264 e. The Hall–Kier alpha value is -2.54. The second-order valence-corrected chi connectivity index (χ2v) is 6.60. The highest BCUT2D eigenvalue weighted by molar-refractivity contribution is 7.71. The van der Waals surface area contributed by atoms with Gasteiger partial charge in [-0.05, 0) is 56.5 Å². The van der Waals surface area contributed by atoms with Crippen LogP contribution in [-0.2, 0) is 6.54 Å². The third kappa shape index (κ3) is 4.16. The molecule has 7 heteroatoms. The van der Waals surface area contributed by atoms with Gasteiger partial charge in [0, 0.05) is 12.8 Å². The number of hydrogen-bond acceptors (Lipinski definition) is 4. The quantitative estimate of drug-likeness (QED) is 0.464. The largest absolute Gasteiger partial charge is 0.494 e. The lowest BCUT2D eigenvalue weighted by Crippen LogP contribution is -2.19. The first-order valence-electron chi connectivity index (χ1n) is 8.59. The maximum atomic E-state index is 13.7. The summed E-state index contributed by atoms with van der Waals surface area (Å²) in [5.74, 6) is -0.757. The highest BCUT2D eigenvalue weighted by Gasteiger charge is 2.12. The van der Waals surface area contributed by atoms with Crippen LogP contribution in [0.15, 0.2) is 45.7 Å². The summed E-state index contributed by atoms with van der Waals surface area (Å²) in [5.41, 5.74) is 0.832. The van der Waals surface area contributed by atoms with E-state index in [1.54, 1.807) is 12.1 Å². The van der Waals surface area contributed by atoms with Crippen LogP contribution in [0.1, 0.15) is 37.7 Å². The van der Waals surface area contributed by atoms with Crippen LogP contribution in [0.3, 0.4) is 0 Å². The molecule has 0 spiro atoms. The molecule has 1 aliphatic rings. The number of benzene rings is 1. The van der Waals surface area contributed by atoms with Gasteiger partial charge in [-0.1, -0.05) is 23.8 Å². The summed E-state index contributed by atoms with van der Waals surface area (Å²) in [6.45, 7) is 0.466. The van der Waals surface area contributed by atoms with E-state index in [1.807, 2.05) is 0 Å². The molecule has 1 heterocycles. The standard InChI is InChI=1S/C19H20FN3O2S/c20-15-8-4-5-9-16(15)21-12-14-17(24)22-19(26)23(18(14)25)11-10-13-6-2-1-3-7-13/h4-6,8-9,12,25H,1-3,7,10-11H2,(H,22,24,26). The summed E-state index contributed by atoms with van der Waals surface area (Å²) in [5, 5.41) is 10.5. The molecule has 136 valence electrons. The predicted octanol–water partition coefficient (Wildman–Crippen LogP) is 4.39. The topological polar surface area (TPSA) is 70.4 Å². The molecule has 5 nitrogen and oxygen atoms in total. The second kappa shape index (κ2) is 8.23. The van der Waals surface area contributed by atoms with Crippen LogP contribution in [0.25, 0.3) is 0 Å². The third-order valence-corrected chi connectivity index (χ3v) is 4.76. The lowest BCUT2D eigenvalue weighted by molar-refractivity contribution is 0.402. The first kappa shape index (κ1) is 18.3. The molecule has 0 radical (unpaired) electrons. The van der Waals surface area contributed by atoms with Crippen molar-refractivity contribution in [2.75, 3.05) is 0 Å². The van der Waals surface area contributed by atoms with E-state index in [9.17, 15) is 14.3 Å². The van der Waals surface area contributed by atoms with Gasteiger partial charge in [-0.25, -0.2) is 4.39 Å². The Kier molecular flexibility index (Phi) is 5.78.